The van der Waals surface area contributed by atoms with E-state index in [-0.39, 0.29) is 24.9 Å². The van der Waals surface area contributed by atoms with E-state index in [1.54, 1.807) is 23.7 Å². The minimum atomic E-state index is -0.220. The number of aryl methyl sites for hydroxylation is 1. The van der Waals surface area contributed by atoms with Crippen molar-refractivity contribution in [3.8, 4) is 6.07 Å². The molecule has 3 rings (SSSR count). The van der Waals surface area contributed by atoms with E-state index in [9.17, 15) is 14.9 Å². The van der Waals surface area contributed by atoms with E-state index in [0.717, 1.165) is 41.8 Å². The number of nitrogens with zero attached hydrogens (tertiary/aromatic N) is 2. The minimum absolute atomic E-state index is 0.0744. The van der Waals surface area contributed by atoms with Gasteiger partial charge in [0.1, 0.15) is 11.1 Å². The zero-order valence-electron chi connectivity index (χ0n) is 17.3. The quantitative estimate of drug-likeness (QED) is 0.498. The molecule has 1 aliphatic carbocycles. The highest BCUT2D eigenvalue weighted by Gasteiger charge is 2.21. The summed E-state index contributed by atoms with van der Waals surface area (Å²) in [6, 6.07) is 9.89. The Morgan fingerprint density at radius 2 is 1.83 bits per heavy atom. The number of nitrogens with one attached hydrogen (secondary N) is 2. The molecule has 8 heteroatoms. The lowest BCUT2D eigenvalue weighted by Gasteiger charge is -2.16. The highest BCUT2D eigenvalue weighted by molar-refractivity contribution is 7.98. The average Bonchev–Trinajstić information content (AvgIpc) is 2.87. The van der Waals surface area contributed by atoms with Crippen molar-refractivity contribution < 1.29 is 9.59 Å². The lowest BCUT2D eigenvalue weighted by atomic mass is 10.1. The monoisotopic (exact) mass is 442 g/mol. The fraction of sp³-hybridized carbons (Fsp3) is 0.409. The van der Waals surface area contributed by atoms with Gasteiger partial charge in [-0.1, -0.05) is 18.6 Å². The van der Waals surface area contributed by atoms with E-state index in [2.05, 4.69) is 16.7 Å². The number of thiophene rings is 1. The van der Waals surface area contributed by atoms with E-state index >= 15 is 0 Å². The molecule has 1 aromatic carbocycles. The number of para-hydroxylation sites is 1. The van der Waals surface area contributed by atoms with Gasteiger partial charge in [-0.3, -0.25) is 14.5 Å². The predicted molar refractivity (Wildman–Crippen MR) is 123 cm³/mol. The molecular formula is C22H26N4O2S2. The Hall–Kier alpha value is -2.34. The van der Waals surface area contributed by atoms with E-state index < -0.39 is 0 Å². The van der Waals surface area contributed by atoms with Crippen LogP contribution in [0.1, 0.15) is 35.3 Å². The minimum Gasteiger partial charge on any atom is -0.324 e. The molecule has 0 fully saturated rings. The Labute approximate surface area is 185 Å². The number of nitriles is 1. The van der Waals surface area contributed by atoms with Crippen molar-refractivity contribution >= 4 is 45.6 Å². The summed E-state index contributed by atoms with van der Waals surface area (Å²) in [5.41, 5.74) is 2.49. The molecule has 0 aliphatic heterocycles. The molecule has 0 radical (unpaired) electrons. The molecule has 2 amide bonds. The molecule has 2 N–H and O–H groups in total. The van der Waals surface area contributed by atoms with Gasteiger partial charge in [0.15, 0.2) is 0 Å². The Morgan fingerprint density at radius 1 is 1.13 bits per heavy atom. The first kappa shape index (κ1) is 22.3. The van der Waals surface area contributed by atoms with Gasteiger partial charge < -0.3 is 10.6 Å². The van der Waals surface area contributed by atoms with Gasteiger partial charge in [0.05, 0.1) is 24.3 Å². The number of hydrogen-bond donors (Lipinski definition) is 2. The number of carbonyl (C=O) groups is 2. The zero-order chi connectivity index (χ0) is 21.5. The van der Waals surface area contributed by atoms with Crippen LogP contribution in [0.5, 0.6) is 0 Å². The number of thioether (sulfide) groups is 1. The van der Waals surface area contributed by atoms with Crippen molar-refractivity contribution in [1.29, 1.82) is 5.26 Å². The Balaban J connectivity index is 1.56. The zero-order valence-corrected chi connectivity index (χ0v) is 18.9. The number of anilines is 2. The van der Waals surface area contributed by atoms with Crippen molar-refractivity contribution in [2.24, 2.45) is 0 Å². The molecule has 0 saturated heterocycles. The van der Waals surface area contributed by atoms with Gasteiger partial charge >= 0.3 is 0 Å². The molecule has 0 unspecified atom stereocenters. The molecule has 0 atom stereocenters. The smallest absolute Gasteiger partial charge is 0.239 e. The first-order valence-electron chi connectivity index (χ1n) is 9.97. The summed E-state index contributed by atoms with van der Waals surface area (Å²) >= 11 is 3.09. The SMILES string of the molecule is CSc1ccccc1NC(=O)CN(C)CC(=O)Nc1sc2c(c1C#N)CCCCC2. The van der Waals surface area contributed by atoms with Gasteiger partial charge in [-0.25, -0.2) is 0 Å². The van der Waals surface area contributed by atoms with Crippen molar-refractivity contribution in [3.63, 3.8) is 0 Å². The Bertz CT molecular complexity index is 965. The van der Waals surface area contributed by atoms with E-state index in [0.29, 0.717) is 10.6 Å². The van der Waals surface area contributed by atoms with Gasteiger partial charge in [0, 0.05) is 9.77 Å². The summed E-state index contributed by atoms with van der Waals surface area (Å²) in [5.74, 6) is -0.393. The highest BCUT2D eigenvalue weighted by Crippen LogP contribution is 2.36. The molecule has 0 spiro atoms. The lowest BCUT2D eigenvalue weighted by Crippen LogP contribution is -2.36. The van der Waals surface area contributed by atoms with E-state index in [1.165, 1.54) is 22.6 Å². The second-order valence-corrected chi connectivity index (χ2v) is 9.30. The fourth-order valence-electron chi connectivity index (χ4n) is 3.60. The molecular weight excluding hydrogens is 416 g/mol. The van der Waals surface area contributed by atoms with Gasteiger partial charge in [-0.05, 0) is 56.7 Å². The van der Waals surface area contributed by atoms with Crippen LogP contribution in [0, 0.1) is 11.3 Å². The second kappa shape index (κ2) is 10.6. The third-order valence-electron chi connectivity index (χ3n) is 4.99. The number of likely N-dealkylation sites (N-methyl/N-ethyl adjacent to an activating group) is 1. The molecule has 1 heterocycles. The summed E-state index contributed by atoms with van der Waals surface area (Å²) in [6.07, 6.45) is 7.24. The van der Waals surface area contributed by atoms with Crippen LogP contribution >= 0.6 is 23.1 Å². The van der Waals surface area contributed by atoms with Crippen LogP contribution in [-0.2, 0) is 22.4 Å². The predicted octanol–water partition coefficient (Wildman–Crippen LogP) is 4.12. The van der Waals surface area contributed by atoms with Crippen LogP contribution in [0.3, 0.4) is 0 Å². The first-order chi connectivity index (χ1) is 14.5. The molecule has 1 aliphatic rings. The van der Waals surface area contributed by atoms with Crippen molar-refractivity contribution in [3.05, 3.63) is 40.3 Å². The molecule has 0 bridgehead atoms. The van der Waals surface area contributed by atoms with Crippen LogP contribution in [-0.4, -0.2) is 43.1 Å². The number of hydrogen-bond acceptors (Lipinski definition) is 6. The number of fused-ring (bicyclic) bond motifs is 1. The van der Waals surface area contributed by atoms with Crippen LogP contribution < -0.4 is 10.6 Å². The summed E-state index contributed by atoms with van der Waals surface area (Å²) < 4.78 is 0. The second-order valence-electron chi connectivity index (χ2n) is 7.35. The normalized spacial score (nSPS) is 13.3. The van der Waals surface area contributed by atoms with Crippen molar-refractivity contribution in [2.45, 2.75) is 37.0 Å². The molecule has 0 saturated carbocycles. The summed E-state index contributed by atoms with van der Waals surface area (Å²) in [6.45, 7) is 0.174. The fourth-order valence-corrected chi connectivity index (χ4v) is 5.41. The number of rotatable bonds is 7. The molecule has 6 nitrogen and oxygen atoms in total. The first-order valence-corrected chi connectivity index (χ1v) is 12.0. The third-order valence-corrected chi connectivity index (χ3v) is 7.00. The summed E-state index contributed by atoms with van der Waals surface area (Å²) in [4.78, 5) is 28.8. The largest absolute Gasteiger partial charge is 0.324 e. The molecule has 158 valence electrons. The van der Waals surface area contributed by atoms with Gasteiger partial charge in [-0.15, -0.1) is 23.1 Å². The number of amides is 2. The number of benzene rings is 1. The standard InChI is InChI=1S/C22H26N4O2S2/c1-26(13-20(27)24-17-9-6-7-11-19(17)29-2)14-21(28)25-22-16(12-23)15-8-4-3-5-10-18(15)30-22/h6-7,9,11H,3-5,8,10,13-14H2,1-2H3,(H,24,27)(H,25,28). The van der Waals surface area contributed by atoms with Gasteiger partial charge in [0.25, 0.3) is 0 Å². The van der Waals surface area contributed by atoms with Crippen LogP contribution in [0.25, 0.3) is 0 Å². The van der Waals surface area contributed by atoms with Gasteiger partial charge in [0.2, 0.25) is 11.8 Å². The highest BCUT2D eigenvalue weighted by atomic mass is 32.2. The maximum atomic E-state index is 12.5. The molecule has 30 heavy (non-hydrogen) atoms. The molecule has 2 aromatic rings. The summed E-state index contributed by atoms with van der Waals surface area (Å²) in [5, 5.41) is 16.0. The van der Waals surface area contributed by atoms with Crippen LogP contribution in [0.2, 0.25) is 0 Å². The maximum Gasteiger partial charge on any atom is 0.239 e. The number of carbonyl (C=O) groups excluding carboxylic acids is 2. The van der Waals surface area contributed by atoms with E-state index in [4.69, 9.17) is 0 Å². The third kappa shape index (κ3) is 5.63. The van der Waals surface area contributed by atoms with Crippen LogP contribution in [0.15, 0.2) is 29.2 Å². The van der Waals surface area contributed by atoms with Crippen molar-refractivity contribution in [1.82, 2.24) is 4.90 Å². The Kier molecular flexibility index (Phi) is 7.91. The van der Waals surface area contributed by atoms with Crippen LogP contribution in [0.4, 0.5) is 10.7 Å². The summed E-state index contributed by atoms with van der Waals surface area (Å²) in [7, 11) is 1.73. The topological polar surface area (TPSA) is 85.2 Å². The maximum absolute atomic E-state index is 12.5. The van der Waals surface area contributed by atoms with Crippen molar-refractivity contribution in [2.75, 3.05) is 37.0 Å². The average molecular weight is 443 g/mol. The van der Waals surface area contributed by atoms with E-state index in [1.807, 2.05) is 30.5 Å². The Morgan fingerprint density at radius 3 is 2.57 bits per heavy atom. The van der Waals surface area contributed by atoms with Gasteiger partial charge in [-0.2, -0.15) is 5.26 Å². The molecule has 1 aromatic heterocycles. The lowest BCUT2D eigenvalue weighted by molar-refractivity contribution is -0.119.